The molecule has 0 aromatic heterocycles. The fourth-order valence-corrected chi connectivity index (χ4v) is 2.56. The minimum Gasteiger partial charge on any atom is -0.486 e. The molecule has 0 amide bonds. The number of nitrogens with one attached hydrogen (secondary N) is 1. The van der Waals surface area contributed by atoms with Gasteiger partial charge in [-0.25, -0.2) is 0 Å². The summed E-state index contributed by atoms with van der Waals surface area (Å²) >= 11 is 6.25. The standard InChI is InChI=1S/C17H18ClNO2/c1-2-19-11-14-9-12(3-5-15(14)18)13-4-6-16-17(10-13)21-8-7-20-16/h3-6,9-10,19H,2,7-8,11H2,1H3. The van der Waals surface area contributed by atoms with Gasteiger partial charge in [0, 0.05) is 11.6 Å². The van der Waals surface area contributed by atoms with E-state index in [1.165, 1.54) is 0 Å². The lowest BCUT2D eigenvalue weighted by Crippen LogP contribution is -2.15. The van der Waals surface area contributed by atoms with Crippen LogP contribution in [0.5, 0.6) is 11.5 Å². The molecule has 0 unspecified atom stereocenters. The Morgan fingerprint density at radius 1 is 1.00 bits per heavy atom. The molecule has 0 saturated heterocycles. The zero-order valence-electron chi connectivity index (χ0n) is 12.0. The summed E-state index contributed by atoms with van der Waals surface area (Å²) in [6.45, 7) is 4.99. The van der Waals surface area contributed by atoms with E-state index in [9.17, 15) is 0 Å². The number of ether oxygens (including phenoxy) is 2. The topological polar surface area (TPSA) is 30.5 Å². The van der Waals surface area contributed by atoms with Crippen LogP contribution in [0.1, 0.15) is 12.5 Å². The van der Waals surface area contributed by atoms with Crippen LogP contribution in [0.2, 0.25) is 5.02 Å². The predicted molar refractivity (Wildman–Crippen MR) is 85.3 cm³/mol. The predicted octanol–water partition coefficient (Wildman–Crippen LogP) is 3.89. The highest BCUT2D eigenvalue weighted by Gasteiger charge is 2.13. The fraction of sp³-hybridized carbons (Fsp3) is 0.294. The summed E-state index contributed by atoms with van der Waals surface area (Å²) in [7, 11) is 0. The van der Waals surface area contributed by atoms with Crippen molar-refractivity contribution < 1.29 is 9.47 Å². The molecule has 1 N–H and O–H groups in total. The Morgan fingerprint density at radius 3 is 2.52 bits per heavy atom. The van der Waals surface area contributed by atoms with Crippen molar-refractivity contribution in [1.82, 2.24) is 5.32 Å². The SMILES string of the molecule is CCNCc1cc(-c2ccc3c(c2)OCCO3)ccc1Cl. The van der Waals surface area contributed by atoms with Crippen molar-refractivity contribution in [3.63, 3.8) is 0 Å². The van der Waals surface area contributed by atoms with Gasteiger partial charge < -0.3 is 14.8 Å². The first-order valence-corrected chi connectivity index (χ1v) is 7.55. The maximum absolute atomic E-state index is 6.25. The van der Waals surface area contributed by atoms with E-state index in [2.05, 4.69) is 18.3 Å². The van der Waals surface area contributed by atoms with Gasteiger partial charge in [-0.1, -0.05) is 30.7 Å². The van der Waals surface area contributed by atoms with Crippen molar-refractivity contribution in [2.75, 3.05) is 19.8 Å². The smallest absolute Gasteiger partial charge is 0.161 e. The Labute approximate surface area is 129 Å². The Balaban J connectivity index is 1.92. The fourth-order valence-electron chi connectivity index (χ4n) is 2.37. The van der Waals surface area contributed by atoms with Gasteiger partial charge in [0.2, 0.25) is 0 Å². The van der Waals surface area contributed by atoms with Crippen molar-refractivity contribution in [2.24, 2.45) is 0 Å². The van der Waals surface area contributed by atoms with Crippen LogP contribution in [0.4, 0.5) is 0 Å². The molecule has 0 aliphatic carbocycles. The van der Waals surface area contributed by atoms with Crippen LogP contribution in [0, 0.1) is 0 Å². The van der Waals surface area contributed by atoms with E-state index < -0.39 is 0 Å². The average Bonchev–Trinajstić information content (AvgIpc) is 2.53. The zero-order valence-corrected chi connectivity index (χ0v) is 12.7. The van der Waals surface area contributed by atoms with Crippen LogP contribution in [-0.2, 0) is 6.54 Å². The van der Waals surface area contributed by atoms with E-state index in [-0.39, 0.29) is 0 Å². The lowest BCUT2D eigenvalue weighted by molar-refractivity contribution is 0.171. The van der Waals surface area contributed by atoms with Crippen LogP contribution in [0.3, 0.4) is 0 Å². The third-order valence-electron chi connectivity index (χ3n) is 3.49. The van der Waals surface area contributed by atoms with Crippen molar-refractivity contribution in [3.05, 3.63) is 47.0 Å². The maximum Gasteiger partial charge on any atom is 0.161 e. The summed E-state index contributed by atoms with van der Waals surface area (Å²) in [6, 6.07) is 12.1. The lowest BCUT2D eigenvalue weighted by Gasteiger charge is -2.19. The zero-order chi connectivity index (χ0) is 14.7. The number of benzene rings is 2. The van der Waals surface area contributed by atoms with E-state index in [1.54, 1.807) is 0 Å². The van der Waals surface area contributed by atoms with Gasteiger partial charge in [0.25, 0.3) is 0 Å². The van der Waals surface area contributed by atoms with Crippen LogP contribution in [0.25, 0.3) is 11.1 Å². The molecule has 0 fully saturated rings. The van der Waals surface area contributed by atoms with E-state index in [4.69, 9.17) is 21.1 Å². The molecule has 2 aromatic carbocycles. The van der Waals surface area contributed by atoms with Crippen molar-refractivity contribution >= 4 is 11.6 Å². The van der Waals surface area contributed by atoms with Crippen LogP contribution < -0.4 is 14.8 Å². The lowest BCUT2D eigenvalue weighted by atomic mass is 10.0. The molecule has 0 spiro atoms. The molecule has 21 heavy (non-hydrogen) atoms. The van der Waals surface area contributed by atoms with Crippen LogP contribution in [0.15, 0.2) is 36.4 Å². The molecule has 0 radical (unpaired) electrons. The van der Waals surface area contributed by atoms with Gasteiger partial charge in [0.05, 0.1) is 0 Å². The first kappa shape index (κ1) is 14.2. The number of hydrogen-bond acceptors (Lipinski definition) is 3. The number of rotatable bonds is 4. The summed E-state index contributed by atoms with van der Waals surface area (Å²) in [5, 5.41) is 4.09. The molecular weight excluding hydrogens is 286 g/mol. The van der Waals surface area contributed by atoms with Gasteiger partial charge in [0.15, 0.2) is 11.5 Å². The molecule has 3 nitrogen and oxygen atoms in total. The van der Waals surface area contributed by atoms with Crippen molar-refractivity contribution in [1.29, 1.82) is 0 Å². The molecule has 3 rings (SSSR count). The van der Waals surface area contributed by atoms with Crippen molar-refractivity contribution in [2.45, 2.75) is 13.5 Å². The van der Waals surface area contributed by atoms with E-state index in [0.717, 1.165) is 46.3 Å². The van der Waals surface area contributed by atoms with Gasteiger partial charge in [-0.2, -0.15) is 0 Å². The molecular formula is C17H18ClNO2. The molecule has 1 aliphatic heterocycles. The highest BCUT2D eigenvalue weighted by molar-refractivity contribution is 6.31. The summed E-state index contributed by atoms with van der Waals surface area (Å²) < 4.78 is 11.2. The first-order chi connectivity index (χ1) is 10.3. The first-order valence-electron chi connectivity index (χ1n) is 7.17. The third kappa shape index (κ3) is 3.14. The highest BCUT2D eigenvalue weighted by atomic mass is 35.5. The second kappa shape index (κ2) is 6.37. The summed E-state index contributed by atoms with van der Waals surface area (Å²) in [6.07, 6.45) is 0. The third-order valence-corrected chi connectivity index (χ3v) is 3.86. The summed E-state index contributed by atoms with van der Waals surface area (Å²) in [5.41, 5.74) is 3.34. The molecule has 0 saturated carbocycles. The monoisotopic (exact) mass is 303 g/mol. The molecule has 1 heterocycles. The van der Waals surface area contributed by atoms with Gasteiger partial charge in [-0.3, -0.25) is 0 Å². The Morgan fingerprint density at radius 2 is 1.71 bits per heavy atom. The minimum absolute atomic E-state index is 0.600. The van der Waals surface area contributed by atoms with Gasteiger partial charge in [-0.15, -0.1) is 0 Å². The van der Waals surface area contributed by atoms with E-state index in [1.807, 2.05) is 30.3 Å². The summed E-state index contributed by atoms with van der Waals surface area (Å²) in [4.78, 5) is 0. The van der Waals surface area contributed by atoms with Gasteiger partial charge >= 0.3 is 0 Å². The molecule has 1 aliphatic rings. The van der Waals surface area contributed by atoms with E-state index in [0.29, 0.717) is 13.2 Å². The Hall–Kier alpha value is -1.71. The van der Waals surface area contributed by atoms with E-state index >= 15 is 0 Å². The molecule has 0 atom stereocenters. The van der Waals surface area contributed by atoms with Gasteiger partial charge in [-0.05, 0) is 47.5 Å². The molecule has 4 heteroatoms. The average molecular weight is 304 g/mol. The second-order valence-electron chi connectivity index (χ2n) is 4.94. The number of fused-ring (bicyclic) bond motifs is 1. The maximum atomic E-state index is 6.25. The second-order valence-corrected chi connectivity index (χ2v) is 5.35. The van der Waals surface area contributed by atoms with Crippen LogP contribution in [-0.4, -0.2) is 19.8 Å². The summed E-state index contributed by atoms with van der Waals surface area (Å²) in [5.74, 6) is 1.62. The van der Waals surface area contributed by atoms with Crippen LogP contribution >= 0.6 is 11.6 Å². The molecule has 0 bridgehead atoms. The number of hydrogen-bond donors (Lipinski definition) is 1. The normalized spacial score (nSPS) is 13.2. The quantitative estimate of drug-likeness (QED) is 0.929. The molecule has 2 aromatic rings. The Kier molecular flexibility index (Phi) is 4.32. The van der Waals surface area contributed by atoms with Gasteiger partial charge in [0.1, 0.15) is 13.2 Å². The largest absolute Gasteiger partial charge is 0.486 e. The highest BCUT2D eigenvalue weighted by Crippen LogP contribution is 2.35. The van der Waals surface area contributed by atoms with Crippen molar-refractivity contribution in [3.8, 4) is 22.6 Å². The Bertz CT molecular complexity index is 643. The minimum atomic E-state index is 0.600. The molecule has 110 valence electrons. The number of halogens is 1.